The van der Waals surface area contributed by atoms with Crippen LogP contribution in [0.15, 0.2) is 48.5 Å². The maximum Gasteiger partial charge on any atom is 0.244 e. The van der Waals surface area contributed by atoms with Gasteiger partial charge in [-0.3, -0.25) is 9.59 Å². The van der Waals surface area contributed by atoms with E-state index in [0.717, 1.165) is 11.3 Å². The van der Waals surface area contributed by atoms with Crippen molar-refractivity contribution in [3.63, 3.8) is 0 Å². The molecule has 2 heterocycles. The Kier molecular flexibility index (Phi) is 4.73. The van der Waals surface area contributed by atoms with Gasteiger partial charge in [0.25, 0.3) is 0 Å². The summed E-state index contributed by atoms with van der Waals surface area (Å²) in [7, 11) is 0. The Labute approximate surface area is 161 Å². The molecule has 7 heteroatoms. The number of halogens is 1. The predicted octanol–water partition coefficient (Wildman–Crippen LogP) is 3.00. The van der Waals surface area contributed by atoms with Crippen LogP contribution in [0, 0.1) is 0 Å². The first kappa shape index (κ1) is 17.4. The lowest BCUT2D eigenvalue weighted by Crippen LogP contribution is -2.36. The van der Waals surface area contributed by atoms with Crippen LogP contribution in [0.1, 0.15) is 12.0 Å². The summed E-state index contributed by atoms with van der Waals surface area (Å²) in [4.78, 5) is 26.1. The molecular weight excluding hydrogens is 368 g/mol. The Hall–Kier alpha value is -2.99. The summed E-state index contributed by atoms with van der Waals surface area (Å²) in [6.07, 6.45) is 3.42. The van der Waals surface area contributed by atoms with E-state index < -0.39 is 0 Å². The largest absolute Gasteiger partial charge is 0.454 e. The molecule has 6 nitrogen and oxygen atoms in total. The number of rotatable bonds is 4. The minimum atomic E-state index is -0.247. The van der Waals surface area contributed by atoms with E-state index in [4.69, 9.17) is 21.1 Å². The molecule has 138 valence electrons. The molecule has 1 fully saturated rings. The third kappa shape index (κ3) is 3.90. The zero-order valence-corrected chi connectivity index (χ0v) is 15.1. The van der Waals surface area contributed by atoms with Crippen LogP contribution in [0.5, 0.6) is 11.5 Å². The van der Waals surface area contributed by atoms with Gasteiger partial charge < -0.3 is 19.7 Å². The molecule has 1 atom stereocenters. The second-order valence-electron chi connectivity index (χ2n) is 6.34. The van der Waals surface area contributed by atoms with Crippen molar-refractivity contribution >= 4 is 35.2 Å². The van der Waals surface area contributed by atoms with E-state index in [1.54, 1.807) is 41.3 Å². The first-order chi connectivity index (χ1) is 13.1. The zero-order chi connectivity index (χ0) is 18.8. The maximum atomic E-state index is 12.2. The second-order valence-corrected chi connectivity index (χ2v) is 6.77. The van der Waals surface area contributed by atoms with Crippen molar-refractivity contribution in [2.45, 2.75) is 12.5 Å². The maximum absolute atomic E-state index is 12.2. The number of benzene rings is 2. The summed E-state index contributed by atoms with van der Waals surface area (Å²) in [5.74, 6) is 1.09. The van der Waals surface area contributed by atoms with Crippen molar-refractivity contribution in [1.82, 2.24) is 5.32 Å². The molecule has 0 saturated carbocycles. The Morgan fingerprint density at radius 2 is 1.93 bits per heavy atom. The fourth-order valence-electron chi connectivity index (χ4n) is 3.11. The number of hydrogen-bond donors (Lipinski definition) is 1. The molecule has 0 bridgehead atoms. The molecule has 27 heavy (non-hydrogen) atoms. The molecule has 0 aromatic heterocycles. The molecule has 2 aliphatic rings. The smallest absolute Gasteiger partial charge is 0.244 e. The fraction of sp³-hybridized carbons (Fsp3) is 0.200. The van der Waals surface area contributed by atoms with Gasteiger partial charge in [-0.1, -0.05) is 17.7 Å². The zero-order valence-electron chi connectivity index (χ0n) is 14.4. The fourth-order valence-corrected chi connectivity index (χ4v) is 3.24. The number of carbonyl (C=O) groups is 2. The molecule has 1 saturated heterocycles. The van der Waals surface area contributed by atoms with E-state index in [9.17, 15) is 9.59 Å². The van der Waals surface area contributed by atoms with Crippen LogP contribution in [0.2, 0.25) is 5.02 Å². The number of nitrogens with zero attached hydrogens (tertiary/aromatic N) is 1. The first-order valence-electron chi connectivity index (χ1n) is 8.53. The average Bonchev–Trinajstić information content (AvgIpc) is 3.26. The van der Waals surface area contributed by atoms with E-state index in [0.29, 0.717) is 23.1 Å². The van der Waals surface area contributed by atoms with Gasteiger partial charge in [0.1, 0.15) is 0 Å². The van der Waals surface area contributed by atoms with Gasteiger partial charge in [0.2, 0.25) is 18.6 Å². The lowest BCUT2D eigenvalue weighted by atomic mass is 10.2. The first-order valence-corrected chi connectivity index (χ1v) is 8.90. The number of ether oxygens (including phenoxy) is 2. The number of anilines is 1. The molecule has 0 unspecified atom stereocenters. The van der Waals surface area contributed by atoms with E-state index in [-0.39, 0.29) is 31.1 Å². The van der Waals surface area contributed by atoms with Crippen LogP contribution in [-0.4, -0.2) is 31.2 Å². The Morgan fingerprint density at radius 3 is 2.74 bits per heavy atom. The molecule has 1 N–H and O–H groups in total. The molecule has 0 aliphatic carbocycles. The van der Waals surface area contributed by atoms with Gasteiger partial charge in [-0.05, 0) is 48.0 Å². The van der Waals surface area contributed by atoms with Crippen LogP contribution in [-0.2, 0) is 9.59 Å². The van der Waals surface area contributed by atoms with E-state index in [2.05, 4.69) is 5.32 Å². The predicted molar refractivity (Wildman–Crippen MR) is 102 cm³/mol. The van der Waals surface area contributed by atoms with Gasteiger partial charge >= 0.3 is 0 Å². The second kappa shape index (κ2) is 7.32. The number of fused-ring (bicyclic) bond motifs is 1. The minimum absolute atomic E-state index is 0.0256. The summed E-state index contributed by atoms with van der Waals surface area (Å²) in [6, 6.07) is 12.3. The number of carbonyl (C=O) groups excluding carboxylic acids is 2. The van der Waals surface area contributed by atoms with Gasteiger partial charge in [0, 0.05) is 29.8 Å². The number of nitrogens with one attached hydrogen (secondary N) is 1. The highest BCUT2D eigenvalue weighted by Gasteiger charge is 2.31. The van der Waals surface area contributed by atoms with Crippen molar-refractivity contribution < 1.29 is 19.1 Å². The van der Waals surface area contributed by atoms with Crippen molar-refractivity contribution in [2.24, 2.45) is 0 Å². The molecule has 2 aromatic rings. The van der Waals surface area contributed by atoms with Gasteiger partial charge in [-0.2, -0.15) is 0 Å². The lowest BCUT2D eigenvalue weighted by molar-refractivity contribution is -0.117. The van der Waals surface area contributed by atoms with Gasteiger partial charge in [0.15, 0.2) is 11.5 Å². The molecule has 0 spiro atoms. The third-order valence-electron chi connectivity index (χ3n) is 4.43. The quantitative estimate of drug-likeness (QED) is 0.823. The minimum Gasteiger partial charge on any atom is -0.454 e. The Balaban J connectivity index is 1.36. The van der Waals surface area contributed by atoms with Crippen LogP contribution in [0.3, 0.4) is 0 Å². The highest BCUT2D eigenvalue weighted by atomic mass is 35.5. The highest BCUT2D eigenvalue weighted by Crippen LogP contribution is 2.32. The summed E-state index contributed by atoms with van der Waals surface area (Å²) in [5, 5.41) is 3.49. The summed E-state index contributed by atoms with van der Waals surface area (Å²) in [6.45, 7) is 0.646. The van der Waals surface area contributed by atoms with E-state index >= 15 is 0 Å². The molecular formula is C20H17ClN2O4. The van der Waals surface area contributed by atoms with E-state index in [1.807, 2.05) is 12.1 Å². The summed E-state index contributed by atoms with van der Waals surface area (Å²) < 4.78 is 10.6. The molecule has 2 aromatic carbocycles. The lowest BCUT2D eigenvalue weighted by Gasteiger charge is -2.17. The Bertz CT molecular complexity index is 911. The highest BCUT2D eigenvalue weighted by molar-refractivity contribution is 6.30. The van der Waals surface area contributed by atoms with Crippen molar-refractivity contribution in [3.05, 3.63) is 59.1 Å². The van der Waals surface area contributed by atoms with Crippen LogP contribution >= 0.6 is 11.6 Å². The number of hydrogen-bond acceptors (Lipinski definition) is 4. The van der Waals surface area contributed by atoms with Gasteiger partial charge in [0.05, 0.1) is 6.04 Å². The number of amides is 2. The molecule has 2 aliphatic heterocycles. The monoisotopic (exact) mass is 384 g/mol. The van der Waals surface area contributed by atoms with Crippen molar-refractivity contribution in [3.8, 4) is 11.5 Å². The van der Waals surface area contributed by atoms with Crippen LogP contribution < -0.4 is 19.7 Å². The molecule has 4 rings (SSSR count). The normalized spacial score (nSPS) is 18.3. The van der Waals surface area contributed by atoms with Gasteiger partial charge in [-0.25, -0.2) is 0 Å². The summed E-state index contributed by atoms with van der Waals surface area (Å²) in [5.41, 5.74) is 1.61. The average molecular weight is 385 g/mol. The third-order valence-corrected chi connectivity index (χ3v) is 4.69. The SMILES string of the molecule is O=C(/C=C\c1ccc2c(c1)OCO2)N[C@@H]1CC(=O)N(c2ccc(Cl)cc2)C1. The van der Waals surface area contributed by atoms with Crippen LogP contribution in [0.4, 0.5) is 5.69 Å². The van der Waals surface area contributed by atoms with Crippen molar-refractivity contribution in [2.75, 3.05) is 18.2 Å². The van der Waals surface area contributed by atoms with Gasteiger partial charge in [-0.15, -0.1) is 0 Å². The Morgan fingerprint density at radius 1 is 1.15 bits per heavy atom. The van der Waals surface area contributed by atoms with Crippen LogP contribution in [0.25, 0.3) is 6.08 Å². The summed E-state index contributed by atoms with van der Waals surface area (Å²) >= 11 is 5.89. The standard InChI is InChI=1S/C20H17ClN2O4/c21-14-3-5-16(6-4-14)23-11-15(10-20(23)25)22-19(24)8-2-13-1-7-17-18(9-13)27-12-26-17/h1-9,15H,10-12H2,(H,22,24)/b8-2-/t15-/m1/s1. The topological polar surface area (TPSA) is 67.9 Å². The molecule has 2 amide bonds. The van der Waals surface area contributed by atoms with Crippen molar-refractivity contribution in [1.29, 1.82) is 0 Å². The molecule has 0 radical (unpaired) electrons. The van der Waals surface area contributed by atoms with E-state index in [1.165, 1.54) is 6.08 Å².